The number of allylic oxidation sites excluding steroid dienone is 1. The molecule has 4 atom stereocenters. The van der Waals surface area contributed by atoms with Gasteiger partial charge in [0.2, 0.25) is 0 Å². The molecule has 0 aromatic rings. The first-order valence-corrected chi connectivity index (χ1v) is 8.15. The van der Waals surface area contributed by atoms with Crippen molar-refractivity contribution < 1.29 is 24.2 Å². The summed E-state index contributed by atoms with van der Waals surface area (Å²) in [6.07, 6.45) is 3.35. The van der Waals surface area contributed by atoms with Crippen LogP contribution < -0.4 is 0 Å². The maximum Gasteiger partial charge on any atom is 0.335 e. The van der Waals surface area contributed by atoms with Gasteiger partial charge in [0, 0.05) is 18.7 Å². The molecule has 4 unspecified atom stereocenters. The molecular weight excluding hydrogens is 298 g/mol. The number of aliphatic hydroxyl groups is 1. The fourth-order valence-electron chi connectivity index (χ4n) is 3.59. The van der Waals surface area contributed by atoms with Gasteiger partial charge in [0.1, 0.15) is 12.7 Å². The monoisotopic (exact) mass is 321 g/mol. The molecule has 2 fully saturated rings. The van der Waals surface area contributed by atoms with Gasteiger partial charge in [-0.15, -0.1) is 0 Å². The topological polar surface area (TPSA) is 76.1 Å². The SMILES string of the molecule is C/C=C1/CC(C)C(O)C(=O)OCC2=CCN3CCC(OC1=O)C23. The second-order valence-corrected chi connectivity index (χ2v) is 6.50. The first-order chi connectivity index (χ1) is 11.0. The van der Waals surface area contributed by atoms with Crippen molar-refractivity contribution in [2.75, 3.05) is 19.7 Å². The number of aliphatic hydroxyl groups excluding tert-OH is 1. The van der Waals surface area contributed by atoms with E-state index >= 15 is 0 Å². The van der Waals surface area contributed by atoms with E-state index in [9.17, 15) is 14.7 Å². The normalized spacial score (nSPS) is 37.5. The van der Waals surface area contributed by atoms with Gasteiger partial charge in [-0.25, -0.2) is 9.59 Å². The molecule has 2 saturated heterocycles. The number of hydrogen-bond acceptors (Lipinski definition) is 6. The summed E-state index contributed by atoms with van der Waals surface area (Å²) in [5.74, 6) is -1.39. The largest absolute Gasteiger partial charge is 0.459 e. The summed E-state index contributed by atoms with van der Waals surface area (Å²) in [4.78, 5) is 26.7. The Morgan fingerprint density at radius 1 is 1.39 bits per heavy atom. The highest BCUT2D eigenvalue weighted by Gasteiger charge is 2.42. The van der Waals surface area contributed by atoms with Gasteiger partial charge < -0.3 is 14.6 Å². The van der Waals surface area contributed by atoms with E-state index in [1.165, 1.54) is 0 Å². The third kappa shape index (κ3) is 3.05. The van der Waals surface area contributed by atoms with Gasteiger partial charge in [-0.1, -0.05) is 19.1 Å². The molecule has 0 saturated carbocycles. The zero-order chi connectivity index (χ0) is 16.6. The smallest absolute Gasteiger partial charge is 0.335 e. The van der Waals surface area contributed by atoms with Crippen LogP contribution in [0.3, 0.4) is 0 Å². The molecule has 0 amide bonds. The summed E-state index contributed by atoms with van der Waals surface area (Å²) in [6.45, 7) is 5.28. The second-order valence-electron chi connectivity index (χ2n) is 6.50. The predicted molar refractivity (Wildman–Crippen MR) is 82.4 cm³/mol. The maximum absolute atomic E-state index is 12.4. The molecule has 1 N–H and O–H groups in total. The number of esters is 2. The van der Waals surface area contributed by atoms with Crippen LogP contribution in [-0.2, 0) is 19.1 Å². The number of ether oxygens (including phenoxy) is 2. The van der Waals surface area contributed by atoms with E-state index in [-0.39, 0.29) is 31.1 Å². The first-order valence-electron chi connectivity index (χ1n) is 8.15. The fourth-order valence-corrected chi connectivity index (χ4v) is 3.59. The number of rotatable bonds is 0. The summed E-state index contributed by atoms with van der Waals surface area (Å²) in [5.41, 5.74) is 1.45. The molecule has 0 bridgehead atoms. The molecule has 0 spiro atoms. The van der Waals surface area contributed by atoms with Gasteiger partial charge in [0.15, 0.2) is 6.10 Å². The molecule has 6 heteroatoms. The van der Waals surface area contributed by atoms with E-state index in [1.807, 2.05) is 6.08 Å². The quantitative estimate of drug-likeness (QED) is 0.404. The van der Waals surface area contributed by atoms with E-state index in [2.05, 4.69) is 4.90 Å². The first kappa shape index (κ1) is 16.2. The molecule has 3 rings (SSSR count). The fraction of sp³-hybridized carbons (Fsp3) is 0.647. The van der Waals surface area contributed by atoms with Gasteiger partial charge in [0.05, 0.1) is 6.04 Å². The number of nitrogens with zero attached hydrogens (tertiary/aromatic N) is 1. The molecule has 6 nitrogen and oxygen atoms in total. The van der Waals surface area contributed by atoms with E-state index < -0.39 is 18.0 Å². The van der Waals surface area contributed by atoms with Crippen LogP contribution in [0.4, 0.5) is 0 Å². The average molecular weight is 321 g/mol. The van der Waals surface area contributed by atoms with Gasteiger partial charge in [-0.05, 0) is 31.3 Å². The summed E-state index contributed by atoms with van der Waals surface area (Å²) in [5, 5.41) is 10.1. The zero-order valence-corrected chi connectivity index (χ0v) is 13.5. The lowest BCUT2D eigenvalue weighted by molar-refractivity contribution is -0.156. The van der Waals surface area contributed by atoms with Gasteiger partial charge in [0.25, 0.3) is 0 Å². The lowest BCUT2D eigenvalue weighted by Gasteiger charge is -2.26. The van der Waals surface area contributed by atoms with Crippen molar-refractivity contribution in [2.24, 2.45) is 5.92 Å². The molecule has 0 aromatic carbocycles. The highest BCUT2D eigenvalue weighted by Crippen LogP contribution is 2.32. The molecule has 126 valence electrons. The minimum absolute atomic E-state index is 0.0150. The van der Waals surface area contributed by atoms with Crippen LogP contribution in [0.5, 0.6) is 0 Å². The standard InChI is InChI=1S/C17H23NO5/c1-3-11-8-10(2)15(19)17(21)22-9-12-4-6-18-7-5-13(14(12)18)23-16(11)20/h3-4,10,13-15,19H,5-9H2,1-2H3/b11-3-. The lowest BCUT2D eigenvalue weighted by Crippen LogP contribution is -2.38. The molecule has 3 heterocycles. The molecular formula is C17H23NO5. The molecule has 0 radical (unpaired) electrons. The van der Waals surface area contributed by atoms with Crippen LogP contribution in [0, 0.1) is 5.92 Å². The third-order valence-electron chi connectivity index (χ3n) is 4.99. The highest BCUT2D eigenvalue weighted by atomic mass is 16.6. The van der Waals surface area contributed by atoms with Crippen LogP contribution >= 0.6 is 0 Å². The Bertz CT molecular complexity index is 567. The number of carbonyl (C=O) groups is 2. The number of hydrogen-bond donors (Lipinski definition) is 1. The van der Waals surface area contributed by atoms with Crippen molar-refractivity contribution in [3.8, 4) is 0 Å². The van der Waals surface area contributed by atoms with Crippen molar-refractivity contribution in [2.45, 2.75) is 44.9 Å². The molecule has 23 heavy (non-hydrogen) atoms. The minimum Gasteiger partial charge on any atom is -0.459 e. The summed E-state index contributed by atoms with van der Waals surface area (Å²) >= 11 is 0. The van der Waals surface area contributed by atoms with Crippen LogP contribution in [0.1, 0.15) is 26.7 Å². The van der Waals surface area contributed by atoms with Crippen LogP contribution in [0.2, 0.25) is 0 Å². The Morgan fingerprint density at radius 2 is 2.17 bits per heavy atom. The van der Waals surface area contributed by atoms with E-state index in [0.29, 0.717) is 5.57 Å². The Kier molecular flexibility index (Phi) is 4.55. The van der Waals surface area contributed by atoms with Crippen molar-refractivity contribution in [1.29, 1.82) is 0 Å². The molecule has 3 aliphatic rings. The minimum atomic E-state index is -1.24. The van der Waals surface area contributed by atoms with Gasteiger partial charge >= 0.3 is 11.9 Å². The summed E-state index contributed by atoms with van der Waals surface area (Å²) in [6, 6.07) is -0.0150. The van der Waals surface area contributed by atoms with Gasteiger partial charge in [-0.3, -0.25) is 4.90 Å². The molecule has 0 aliphatic carbocycles. The Balaban J connectivity index is 1.87. The van der Waals surface area contributed by atoms with Crippen molar-refractivity contribution in [1.82, 2.24) is 4.90 Å². The van der Waals surface area contributed by atoms with E-state index in [4.69, 9.17) is 9.47 Å². The molecule has 3 aliphatic heterocycles. The van der Waals surface area contributed by atoms with Crippen molar-refractivity contribution in [3.63, 3.8) is 0 Å². The molecule has 0 aromatic heterocycles. The van der Waals surface area contributed by atoms with E-state index in [1.54, 1.807) is 19.9 Å². The number of carbonyl (C=O) groups excluding carboxylic acids is 2. The Morgan fingerprint density at radius 3 is 2.91 bits per heavy atom. The van der Waals surface area contributed by atoms with Crippen LogP contribution in [0.25, 0.3) is 0 Å². The number of cyclic esters (lactones) is 1. The lowest BCUT2D eigenvalue weighted by atomic mass is 9.95. The van der Waals surface area contributed by atoms with Crippen LogP contribution in [0.15, 0.2) is 23.3 Å². The zero-order valence-electron chi connectivity index (χ0n) is 13.5. The Hall–Kier alpha value is -1.66. The Labute approximate surface area is 135 Å². The second kappa shape index (κ2) is 6.45. The summed E-state index contributed by atoms with van der Waals surface area (Å²) < 4.78 is 11.0. The average Bonchev–Trinajstić information content (AvgIpc) is 3.11. The van der Waals surface area contributed by atoms with Crippen LogP contribution in [-0.4, -0.2) is 59.9 Å². The summed E-state index contributed by atoms with van der Waals surface area (Å²) in [7, 11) is 0. The van der Waals surface area contributed by atoms with Gasteiger partial charge in [-0.2, -0.15) is 0 Å². The maximum atomic E-state index is 12.4. The van der Waals surface area contributed by atoms with Crippen molar-refractivity contribution in [3.05, 3.63) is 23.3 Å². The third-order valence-corrected chi connectivity index (χ3v) is 4.99. The predicted octanol–water partition coefficient (Wildman–Crippen LogP) is 0.803. The highest BCUT2D eigenvalue weighted by molar-refractivity contribution is 5.88. The van der Waals surface area contributed by atoms with E-state index in [0.717, 1.165) is 25.1 Å². The van der Waals surface area contributed by atoms with Crippen molar-refractivity contribution >= 4 is 11.9 Å².